The third-order valence-electron chi connectivity index (χ3n) is 6.45. The fourth-order valence-electron chi connectivity index (χ4n) is 4.83. The zero-order chi connectivity index (χ0) is 20.9. The third-order valence-corrected chi connectivity index (χ3v) is 6.45. The molecule has 2 aliphatic heterocycles. The Morgan fingerprint density at radius 1 is 1.26 bits per heavy atom. The molecule has 2 aromatic rings. The van der Waals surface area contributed by atoms with Crippen LogP contribution in [-0.4, -0.2) is 53.9 Å². The van der Waals surface area contributed by atoms with Gasteiger partial charge in [0.25, 0.3) is 0 Å². The van der Waals surface area contributed by atoms with Crippen LogP contribution in [0.2, 0.25) is 0 Å². The van der Waals surface area contributed by atoms with Gasteiger partial charge in [-0.25, -0.2) is 0 Å². The number of nitrogens with zero attached hydrogens (tertiary/aromatic N) is 4. The van der Waals surface area contributed by atoms with Gasteiger partial charge in [-0.1, -0.05) is 29.8 Å². The third kappa shape index (κ3) is 6.22. The predicted molar refractivity (Wildman–Crippen MR) is 136 cm³/mol. The number of benzene rings is 1. The minimum Gasteiger partial charge on any atom is -0.373 e. The van der Waals surface area contributed by atoms with Crippen molar-refractivity contribution >= 4 is 29.9 Å². The predicted octanol–water partition coefficient (Wildman–Crippen LogP) is 3.95. The number of aromatic nitrogens is 2. The second-order valence-electron chi connectivity index (χ2n) is 8.86. The first-order valence-corrected chi connectivity index (χ1v) is 11.2. The van der Waals surface area contributed by atoms with Crippen molar-refractivity contribution in [2.75, 3.05) is 33.3 Å². The molecule has 0 aliphatic carbocycles. The SMILES string of the molecule is CN=C(NCC1CCCOC1c1ccc(C)cc1)N1CCC(Cc2cnn(C)c2)C1.I. The normalized spacial score (nSPS) is 24.2. The van der Waals surface area contributed by atoms with Gasteiger partial charge in [-0.3, -0.25) is 9.67 Å². The van der Waals surface area contributed by atoms with Crippen LogP contribution in [-0.2, 0) is 18.2 Å². The summed E-state index contributed by atoms with van der Waals surface area (Å²) in [7, 11) is 3.88. The van der Waals surface area contributed by atoms with Crippen LogP contribution in [0.15, 0.2) is 41.7 Å². The van der Waals surface area contributed by atoms with Crippen LogP contribution in [0.25, 0.3) is 0 Å². The highest BCUT2D eigenvalue weighted by Gasteiger charge is 2.29. The smallest absolute Gasteiger partial charge is 0.193 e. The first kappa shape index (κ1) is 24.0. The molecule has 4 rings (SSSR count). The van der Waals surface area contributed by atoms with Gasteiger partial charge in [0.1, 0.15) is 0 Å². The van der Waals surface area contributed by atoms with Gasteiger partial charge < -0.3 is 15.0 Å². The van der Waals surface area contributed by atoms with E-state index in [1.165, 1.54) is 29.5 Å². The lowest BCUT2D eigenvalue weighted by Crippen LogP contribution is -2.43. The number of aryl methyl sites for hydroxylation is 2. The van der Waals surface area contributed by atoms with Crippen LogP contribution in [0.5, 0.6) is 0 Å². The molecule has 3 unspecified atom stereocenters. The highest BCUT2D eigenvalue weighted by atomic mass is 127. The average Bonchev–Trinajstić information content (AvgIpc) is 3.39. The number of halogens is 1. The Balaban J connectivity index is 0.00000272. The first-order chi connectivity index (χ1) is 14.6. The highest BCUT2D eigenvalue weighted by molar-refractivity contribution is 14.0. The number of ether oxygens (including phenoxy) is 1. The zero-order valence-corrected chi connectivity index (χ0v) is 21.3. The molecule has 3 heterocycles. The number of hydrogen-bond donors (Lipinski definition) is 1. The maximum atomic E-state index is 6.19. The lowest BCUT2D eigenvalue weighted by molar-refractivity contribution is -0.0266. The summed E-state index contributed by atoms with van der Waals surface area (Å²) in [6, 6.07) is 8.81. The molecule has 1 aromatic carbocycles. The Morgan fingerprint density at radius 2 is 2.06 bits per heavy atom. The number of rotatable bonds is 5. The van der Waals surface area contributed by atoms with E-state index in [-0.39, 0.29) is 30.1 Å². The van der Waals surface area contributed by atoms with Crippen molar-refractivity contribution < 1.29 is 4.74 Å². The average molecular weight is 537 g/mol. The molecule has 0 bridgehead atoms. The van der Waals surface area contributed by atoms with Crippen molar-refractivity contribution in [3.63, 3.8) is 0 Å². The Hall–Kier alpha value is -1.61. The summed E-state index contributed by atoms with van der Waals surface area (Å²) in [4.78, 5) is 6.99. The van der Waals surface area contributed by atoms with Gasteiger partial charge in [-0.2, -0.15) is 5.10 Å². The Morgan fingerprint density at radius 3 is 2.77 bits per heavy atom. The summed E-state index contributed by atoms with van der Waals surface area (Å²) >= 11 is 0. The number of guanidine groups is 1. The van der Waals surface area contributed by atoms with Gasteiger partial charge >= 0.3 is 0 Å². The van der Waals surface area contributed by atoms with Crippen molar-refractivity contribution in [2.45, 2.75) is 38.7 Å². The van der Waals surface area contributed by atoms with Crippen LogP contribution >= 0.6 is 24.0 Å². The molecule has 170 valence electrons. The van der Waals surface area contributed by atoms with Crippen LogP contribution in [0.3, 0.4) is 0 Å². The lowest BCUT2D eigenvalue weighted by Gasteiger charge is -2.33. The van der Waals surface area contributed by atoms with Crippen molar-refractivity contribution in [3.8, 4) is 0 Å². The van der Waals surface area contributed by atoms with Gasteiger partial charge in [0, 0.05) is 52.5 Å². The second kappa shape index (κ2) is 11.3. The molecule has 2 saturated heterocycles. The van der Waals surface area contributed by atoms with Crippen molar-refractivity contribution in [2.24, 2.45) is 23.9 Å². The molecule has 1 aromatic heterocycles. The summed E-state index contributed by atoms with van der Waals surface area (Å²) in [5.41, 5.74) is 3.91. The molecule has 0 amide bonds. The number of aliphatic imine (C=N–C) groups is 1. The minimum atomic E-state index is 0. The summed E-state index contributed by atoms with van der Waals surface area (Å²) in [5.74, 6) is 2.15. The Kier molecular flexibility index (Phi) is 8.77. The second-order valence-corrected chi connectivity index (χ2v) is 8.86. The molecule has 1 N–H and O–H groups in total. The molecule has 3 atom stereocenters. The fourth-order valence-corrected chi connectivity index (χ4v) is 4.83. The molecule has 0 spiro atoms. The molecule has 2 fully saturated rings. The Bertz CT molecular complexity index is 850. The molecule has 0 radical (unpaired) electrons. The van der Waals surface area contributed by atoms with Gasteiger partial charge in [-0.15, -0.1) is 24.0 Å². The molecule has 7 heteroatoms. The van der Waals surface area contributed by atoms with E-state index in [2.05, 4.69) is 57.7 Å². The molecule has 0 saturated carbocycles. The van der Waals surface area contributed by atoms with Crippen molar-refractivity contribution in [1.82, 2.24) is 20.0 Å². The summed E-state index contributed by atoms with van der Waals surface area (Å²) in [6.45, 7) is 6.00. The zero-order valence-electron chi connectivity index (χ0n) is 19.0. The van der Waals surface area contributed by atoms with Gasteiger partial charge in [0.05, 0.1) is 12.3 Å². The summed E-state index contributed by atoms with van der Waals surface area (Å²) in [6.07, 6.45) is 8.90. The molecule has 6 nitrogen and oxygen atoms in total. The topological polar surface area (TPSA) is 54.7 Å². The molecule has 2 aliphatic rings. The van der Waals surface area contributed by atoms with Crippen molar-refractivity contribution in [3.05, 3.63) is 53.3 Å². The summed E-state index contributed by atoms with van der Waals surface area (Å²) in [5, 5.41) is 7.96. The van der Waals surface area contributed by atoms with E-state index in [4.69, 9.17) is 4.74 Å². The van der Waals surface area contributed by atoms with Crippen LogP contribution in [0.4, 0.5) is 0 Å². The van der Waals surface area contributed by atoms with E-state index in [9.17, 15) is 0 Å². The van der Waals surface area contributed by atoms with Crippen molar-refractivity contribution in [1.29, 1.82) is 0 Å². The van der Waals surface area contributed by atoms with Crippen LogP contribution in [0.1, 0.15) is 42.1 Å². The maximum absolute atomic E-state index is 6.19. The monoisotopic (exact) mass is 537 g/mol. The minimum absolute atomic E-state index is 0. The number of hydrogen-bond acceptors (Lipinski definition) is 3. The van der Waals surface area contributed by atoms with E-state index in [1.54, 1.807) is 0 Å². The quantitative estimate of drug-likeness (QED) is 0.357. The molecular formula is C24H36IN5O. The van der Waals surface area contributed by atoms with E-state index >= 15 is 0 Å². The van der Waals surface area contributed by atoms with Gasteiger partial charge in [0.15, 0.2) is 5.96 Å². The summed E-state index contributed by atoms with van der Waals surface area (Å²) < 4.78 is 8.08. The number of nitrogens with one attached hydrogen (secondary N) is 1. The standard InChI is InChI=1S/C24H35N5O.HI/c1-18-6-8-21(9-7-18)23-22(5-4-12-30-23)15-26-24(25-2)29-11-10-19(17-29)13-20-14-27-28(3)16-20;/h6-9,14,16,19,22-23H,4-5,10-13,15,17H2,1-3H3,(H,25,26);1H. The van der Waals surface area contributed by atoms with Crippen LogP contribution in [0, 0.1) is 18.8 Å². The highest BCUT2D eigenvalue weighted by Crippen LogP contribution is 2.33. The maximum Gasteiger partial charge on any atom is 0.193 e. The van der Waals surface area contributed by atoms with E-state index in [1.807, 2.05) is 25.0 Å². The number of likely N-dealkylation sites (tertiary alicyclic amines) is 1. The molecular weight excluding hydrogens is 501 g/mol. The van der Waals surface area contributed by atoms with Gasteiger partial charge in [-0.05, 0) is 49.7 Å². The van der Waals surface area contributed by atoms with E-state index in [0.29, 0.717) is 11.8 Å². The Labute approximate surface area is 203 Å². The largest absolute Gasteiger partial charge is 0.373 e. The van der Waals surface area contributed by atoms with Gasteiger partial charge in [0.2, 0.25) is 0 Å². The fraction of sp³-hybridized carbons (Fsp3) is 0.583. The molecule has 31 heavy (non-hydrogen) atoms. The van der Waals surface area contributed by atoms with E-state index < -0.39 is 0 Å². The lowest BCUT2D eigenvalue weighted by atomic mass is 9.89. The first-order valence-electron chi connectivity index (χ1n) is 11.2. The van der Waals surface area contributed by atoms with Crippen LogP contribution < -0.4 is 5.32 Å². The van der Waals surface area contributed by atoms with E-state index in [0.717, 1.165) is 45.0 Å².